The summed E-state index contributed by atoms with van der Waals surface area (Å²) in [6.07, 6.45) is 0.567. The topological polar surface area (TPSA) is 86.7 Å². The molecule has 26 heavy (non-hydrogen) atoms. The summed E-state index contributed by atoms with van der Waals surface area (Å²) in [5.74, 6) is -1.46. The van der Waals surface area contributed by atoms with Gasteiger partial charge in [-0.15, -0.1) is 0 Å². The van der Waals surface area contributed by atoms with Gasteiger partial charge in [-0.25, -0.2) is 4.79 Å². The fourth-order valence-electron chi connectivity index (χ4n) is 2.58. The minimum Gasteiger partial charge on any atom is -0.478 e. The van der Waals surface area contributed by atoms with Gasteiger partial charge >= 0.3 is 5.97 Å². The van der Waals surface area contributed by atoms with Crippen molar-refractivity contribution in [2.24, 2.45) is 0 Å². The van der Waals surface area contributed by atoms with Crippen molar-refractivity contribution in [2.75, 3.05) is 20.6 Å². The highest BCUT2D eigenvalue weighted by Crippen LogP contribution is 2.11. The molecule has 0 unspecified atom stereocenters. The Labute approximate surface area is 152 Å². The molecule has 2 amide bonds. The Balaban J connectivity index is 2.00. The Morgan fingerprint density at radius 2 is 1.69 bits per heavy atom. The minimum absolute atomic E-state index is 0.0724. The van der Waals surface area contributed by atoms with Gasteiger partial charge in [0.15, 0.2) is 0 Å². The van der Waals surface area contributed by atoms with E-state index in [4.69, 9.17) is 5.11 Å². The molecule has 0 aliphatic carbocycles. The fourth-order valence-corrected chi connectivity index (χ4v) is 2.58. The van der Waals surface area contributed by atoms with Crippen LogP contribution in [-0.2, 0) is 6.42 Å². The van der Waals surface area contributed by atoms with Crippen molar-refractivity contribution in [3.63, 3.8) is 0 Å². The van der Waals surface area contributed by atoms with E-state index >= 15 is 0 Å². The molecule has 2 rings (SSSR count). The summed E-state index contributed by atoms with van der Waals surface area (Å²) in [4.78, 5) is 36.9. The molecule has 0 saturated carbocycles. The van der Waals surface area contributed by atoms with E-state index in [9.17, 15) is 14.4 Å². The van der Waals surface area contributed by atoms with Crippen molar-refractivity contribution >= 4 is 17.8 Å². The highest BCUT2D eigenvalue weighted by atomic mass is 16.4. The Bertz CT molecular complexity index is 843. The molecule has 136 valence electrons. The maximum Gasteiger partial charge on any atom is 0.335 e. The summed E-state index contributed by atoms with van der Waals surface area (Å²) in [5, 5.41) is 11.9. The quantitative estimate of drug-likeness (QED) is 0.834. The number of aryl methyl sites for hydroxylation is 1. The third kappa shape index (κ3) is 4.92. The lowest BCUT2D eigenvalue weighted by Gasteiger charge is -2.11. The van der Waals surface area contributed by atoms with Crippen LogP contribution in [-0.4, -0.2) is 48.4 Å². The monoisotopic (exact) mass is 354 g/mol. The van der Waals surface area contributed by atoms with Gasteiger partial charge in [-0.05, 0) is 54.8 Å². The van der Waals surface area contributed by atoms with Gasteiger partial charge in [0.05, 0.1) is 5.56 Å². The molecule has 0 fully saturated rings. The van der Waals surface area contributed by atoms with E-state index in [1.807, 2.05) is 18.2 Å². The summed E-state index contributed by atoms with van der Waals surface area (Å²) < 4.78 is 0. The number of carboxylic acids is 1. The van der Waals surface area contributed by atoms with Gasteiger partial charge < -0.3 is 15.3 Å². The molecule has 0 saturated heterocycles. The zero-order chi connectivity index (χ0) is 19.3. The molecule has 0 bridgehead atoms. The largest absolute Gasteiger partial charge is 0.478 e. The van der Waals surface area contributed by atoms with E-state index in [2.05, 4.69) is 5.32 Å². The van der Waals surface area contributed by atoms with Crippen molar-refractivity contribution in [2.45, 2.75) is 13.3 Å². The van der Waals surface area contributed by atoms with Gasteiger partial charge in [-0.2, -0.15) is 0 Å². The molecular formula is C20H22N2O4. The minimum atomic E-state index is -1.06. The van der Waals surface area contributed by atoms with Crippen molar-refractivity contribution in [3.8, 4) is 0 Å². The number of nitrogens with one attached hydrogen (secondary N) is 1. The van der Waals surface area contributed by atoms with E-state index in [0.717, 1.165) is 5.56 Å². The van der Waals surface area contributed by atoms with Crippen molar-refractivity contribution in [1.82, 2.24) is 10.2 Å². The third-order valence-corrected chi connectivity index (χ3v) is 3.87. The second kappa shape index (κ2) is 8.29. The van der Waals surface area contributed by atoms with E-state index < -0.39 is 5.97 Å². The lowest BCUT2D eigenvalue weighted by Crippen LogP contribution is -2.26. The van der Waals surface area contributed by atoms with Crippen LogP contribution in [0, 0.1) is 6.92 Å². The van der Waals surface area contributed by atoms with Crippen LogP contribution in [0.3, 0.4) is 0 Å². The van der Waals surface area contributed by atoms with Gasteiger partial charge in [0.1, 0.15) is 0 Å². The standard InChI is InChI=1S/C20H22N2O4/c1-13-9-16(12-17(10-13)20(25)26)18(23)21-8-7-14-5-4-6-15(11-14)19(24)22(2)3/h4-6,9-12H,7-8H2,1-3H3,(H,21,23)(H,25,26). The van der Waals surface area contributed by atoms with Crippen LogP contribution in [0.25, 0.3) is 0 Å². The van der Waals surface area contributed by atoms with Gasteiger partial charge in [0.25, 0.3) is 11.8 Å². The van der Waals surface area contributed by atoms with Crippen LogP contribution >= 0.6 is 0 Å². The van der Waals surface area contributed by atoms with Crippen molar-refractivity contribution < 1.29 is 19.5 Å². The first-order valence-electron chi connectivity index (χ1n) is 8.21. The second-order valence-electron chi connectivity index (χ2n) is 6.30. The molecule has 0 radical (unpaired) electrons. The lowest BCUT2D eigenvalue weighted by atomic mass is 10.1. The number of carboxylic acid groups (broad SMARTS) is 1. The van der Waals surface area contributed by atoms with Crippen LogP contribution in [0.1, 0.15) is 42.2 Å². The Hall–Kier alpha value is -3.15. The molecule has 0 aliphatic heterocycles. The first-order chi connectivity index (χ1) is 12.3. The number of carbonyl (C=O) groups excluding carboxylic acids is 2. The van der Waals surface area contributed by atoms with Crippen LogP contribution in [0.15, 0.2) is 42.5 Å². The Kier molecular flexibility index (Phi) is 6.11. The number of carbonyl (C=O) groups is 3. The van der Waals surface area contributed by atoms with Crippen LogP contribution in [0.4, 0.5) is 0 Å². The number of amides is 2. The van der Waals surface area contributed by atoms with E-state index in [1.54, 1.807) is 33.2 Å². The van der Waals surface area contributed by atoms with Gasteiger partial charge in [0, 0.05) is 31.8 Å². The first-order valence-corrected chi connectivity index (χ1v) is 8.21. The zero-order valence-electron chi connectivity index (χ0n) is 15.1. The van der Waals surface area contributed by atoms with Crippen molar-refractivity contribution in [1.29, 1.82) is 0 Å². The van der Waals surface area contributed by atoms with Crippen LogP contribution < -0.4 is 5.32 Å². The Morgan fingerprint density at radius 3 is 2.35 bits per heavy atom. The van der Waals surface area contributed by atoms with Crippen molar-refractivity contribution in [3.05, 3.63) is 70.3 Å². The number of hydrogen-bond donors (Lipinski definition) is 2. The fraction of sp³-hybridized carbons (Fsp3) is 0.250. The Morgan fingerprint density at radius 1 is 1.00 bits per heavy atom. The number of benzene rings is 2. The molecule has 6 nitrogen and oxygen atoms in total. The summed E-state index contributed by atoms with van der Waals surface area (Å²) in [6, 6.07) is 11.8. The first kappa shape index (κ1) is 19.2. The maximum absolute atomic E-state index is 12.3. The SMILES string of the molecule is Cc1cc(C(=O)O)cc(C(=O)NCCc2cccc(C(=O)N(C)C)c2)c1. The normalized spacial score (nSPS) is 10.3. The number of aromatic carboxylic acids is 1. The molecule has 0 heterocycles. The molecule has 0 aliphatic rings. The summed E-state index contributed by atoms with van der Waals surface area (Å²) in [6.45, 7) is 2.13. The molecular weight excluding hydrogens is 332 g/mol. The van der Waals surface area contributed by atoms with E-state index in [0.29, 0.717) is 29.7 Å². The zero-order valence-corrected chi connectivity index (χ0v) is 15.1. The smallest absolute Gasteiger partial charge is 0.335 e. The molecule has 0 spiro atoms. The summed E-state index contributed by atoms with van der Waals surface area (Å²) in [5.41, 5.74) is 2.66. The van der Waals surface area contributed by atoms with Gasteiger partial charge in [-0.1, -0.05) is 12.1 Å². The van der Waals surface area contributed by atoms with Gasteiger partial charge in [0.2, 0.25) is 0 Å². The molecule has 2 aromatic rings. The molecule has 0 atom stereocenters. The number of rotatable bonds is 6. The van der Waals surface area contributed by atoms with Gasteiger partial charge in [-0.3, -0.25) is 9.59 Å². The average molecular weight is 354 g/mol. The molecule has 2 aromatic carbocycles. The number of hydrogen-bond acceptors (Lipinski definition) is 3. The third-order valence-electron chi connectivity index (χ3n) is 3.87. The predicted octanol–water partition coefficient (Wildman–Crippen LogP) is 2.37. The average Bonchev–Trinajstić information content (AvgIpc) is 2.60. The predicted molar refractivity (Wildman–Crippen MR) is 98.6 cm³/mol. The van der Waals surface area contributed by atoms with E-state index in [1.165, 1.54) is 17.0 Å². The second-order valence-corrected chi connectivity index (χ2v) is 6.30. The summed E-state index contributed by atoms with van der Waals surface area (Å²) in [7, 11) is 3.39. The molecule has 2 N–H and O–H groups in total. The number of nitrogens with zero attached hydrogens (tertiary/aromatic N) is 1. The highest BCUT2D eigenvalue weighted by molar-refractivity contribution is 5.97. The summed E-state index contributed by atoms with van der Waals surface area (Å²) >= 11 is 0. The molecule has 6 heteroatoms. The molecule has 0 aromatic heterocycles. The highest BCUT2D eigenvalue weighted by Gasteiger charge is 2.11. The lowest BCUT2D eigenvalue weighted by molar-refractivity contribution is 0.0696. The van der Waals surface area contributed by atoms with Crippen LogP contribution in [0.5, 0.6) is 0 Å². The van der Waals surface area contributed by atoms with E-state index in [-0.39, 0.29) is 17.4 Å². The van der Waals surface area contributed by atoms with Crippen LogP contribution in [0.2, 0.25) is 0 Å². The maximum atomic E-state index is 12.3.